The summed E-state index contributed by atoms with van der Waals surface area (Å²) in [6.07, 6.45) is 10.6. The number of amides is 2. The molecule has 0 atom stereocenters. The van der Waals surface area contributed by atoms with E-state index in [9.17, 15) is 14.4 Å². The normalized spacial score (nSPS) is 14.3. The molecular weight excluding hydrogens is 258 g/mol. The topological polar surface area (TPSA) is 83.5 Å². The van der Waals surface area contributed by atoms with Gasteiger partial charge in [-0.15, -0.1) is 0 Å². The molecule has 1 rings (SSSR count). The van der Waals surface area contributed by atoms with Crippen molar-refractivity contribution >= 4 is 17.8 Å². The Kier molecular flexibility index (Phi) is 7.62. The molecule has 2 amide bonds. The first-order valence-corrected chi connectivity index (χ1v) is 7.37. The lowest BCUT2D eigenvalue weighted by Gasteiger charge is -2.02. The van der Waals surface area contributed by atoms with E-state index in [2.05, 4.69) is 5.32 Å². The quantitative estimate of drug-likeness (QED) is 0.450. The summed E-state index contributed by atoms with van der Waals surface area (Å²) in [4.78, 5) is 32.5. The van der Waals surface area contributed by atoms with Crippen molar-refractivity contribution in [3.63, 3.8) is 0 Å². The Labute approximate surface area is 119 Å². The SMILES string of the molecule is O=C(O)CCCCCCCCCCC1=CC(=O)NC1=O. The van der Waals surface area contributed by atoms with E-state index < -0.39 is 5.97 Å². The lowest BCUT2D eigenvalue weighted by atomic mass is 10.0. The highest BCUT2D eigenvalue weighted by Gasteiger charge is 2.19. The van der Waals surface area contributed by atoms with Gasteiger partial charge in [0.1, 0.15) is 0 Å². The molecule has 1 aliphatic heterocycles. The summed E-state index contributed by atoms with van der Waals surface area (Å²) < 4.78 is 0. The van der Waals surface area contributed by atoms with Crippen molar-refractivity contribution in [2.24, 2.45) is 0 Å². The van der Waals surface area contributed by atoms with Gasteiger partial charge in [-0.05, 0) is 19.3 Å². The van der Waals surface area contributed by atoms with Crippen molar-refractivity contribution in [3.05, 3.63) is 11.6 Å². The third-order valence-electron chi connectivity index (χ3n) is 3.42. The number of carboxylic acid groups (broad SMARTS) is 1. The van der Waals surface area contributed by atoms with Crippen LogP contribution < -0.4 is 5.32 Å². The molecule has 5 heteroatoms. The van der Waals surface area contributed by atoms with Gasteiger partial charge in [0.15, 0.2) is 0 Å². The number of rotatable bonds is 11. The fourth-order valence-corrected chi connectivity index (χ4v) is 2.29. The molecule has 112 valence electrons. The molecule has 1 aliphatic rings. The number of hydrogen-bond donors (Lipinski definition) is 2. The van der Waals surface area contributed by atoms with Crippen LogP contribution in [-0.4, -0.2) is 22.9 Å². The van der Waals surface area contributed by atoms with E-state index in [1.165, 1.54) is 6.08 Å². The fourth-order valence-electron chi connectivity index (χ4n) is 2.29. The van der Waals surface area contributed by atoms with Crippen molar-refractivity contribution in [3.8, 4) is 0 Å². The van der Waals surface area contributed by atoms with Crippen LogP contribution in [0.4, 0.5) is 0 Å². The van der Waals surface area contributed by atoms with Crippen LogP contribution in [0.2, 0.25) is 0 Å². The first-order valence-electron chi connectivity index (χ1n) is 7.37. The molecule has 0 aromatic rings. The van der Waals surface area contributed by atoms with Gasteiger partial charge < -0.3 is 5.11 Å². The summed E-state index contributed by atoms with van der Waals surface area (Å²) in [5.41, 5.74) is 0.601. The summed E-state index contributed by atoms with van der Waals surface area (Å²) in [6.45, 7) is 0. The molecule has 0 bridgehead atoms. The first kappa shape index (κ1) is 16.4. The van der Waals surface area contributed by atoms with Gasteiger partial charge in [-0.1, -0.05) is 38.5 Å². The molecule has 0 aromatic carbocycles. The van der Waals surface area contributed by atoms with Gasteiger partial charge in [0.05, 0.1) is 0 Å². The fraction of sp³-hybridized carbons (Fsp3) is 0.667. The van der Waals surface area contributed by atoms with E-state index in [0.29, 0.717) is 12.0 Å². The molecule has 20 heavy (non-hydrogen) atoms. The highest BCUT2D eigenvalue weighted by atomic mass is 16.4. The standard InChI is InChI=1S/C15H23NO4/c17-13-11-12(15(20)16-13)9-7-5-3-1-2-4-6-8-10-14(18)19/h11H,1-10H2,(H,18,19)(H,16,17,20). The van der Waals surface area contributed by atoms with E-state index in [-0.39, 0.29) is 18.2 Å². The lowest BCUT2D eigenvalue weighted by Crippen LogP contribution is -2.22. The van der Waals surface area contributed by atoms with Gasteiger partial charge in [0.25, 0.3) is 11.8 Å². The number of nitrogens with one attached hydrogen (secondary N) is 1. The molecular formula is C15H23NO4. The number of hydrogen-bond acceptors (Lipinski definition) is 3. The van der Waals surface area contributed by atoms with Gasteiger partial charge >= 0.3 is 5.97 Å². The van der Waals surface area contributed by atoms with Gasteiger partial charge in [0, 0.05) is 18.1 Å². The molecule has 0 unspecified atom stereocenters. The second kappa shape index (κ2) is 9.28. The minimum Gasteiger partial charge on any atom is -0.481 e. The largest absolute Gasteiger partial charge is 0.481 e. The molecule has 0 fully saturated rings. The van der Waals surface area contributed by atoms with E-state index in [1.54, 1.807) is 0 Å². The van der Waals surface area contributed by atoms with Crippen LogP contribution in [0.25, 0.3) is 0 Å². The Morgan fingerprint density at radius 2 is 1.50 bits per heavy atom. The molecule has 2 N–H and O–H groups in total. The minimum atomic E-state index is -0.714. The lowest BCUT2D eigenvalue weighted by molar-refractivity contribution is -0.137. The summed E-state index contributed by atoms with van der Waals surface area (Å²) in [5.74, 6) is -1.26. The molecule has 0 aromatic heterocycles. The molecule has 0 aliphatic carbocycles. The number of imide groups is 1. The smallest absolute Gasteiger partial charge is 0.303 e. The van der Waals surface area contributed by atoms with Crippen LogP contribution in [0.15, 0.2) is 11.6 Å². The third kappa shape index (κ3) is 7.07. The van der Waals surface area contributed by atoms with Gasteiger partial charge in [-0.3, -0.25) is 19.7 Å². The molecule has 5 nitrogen and oxygen atoms in total. The highest BCUT2D eigenvalue weighted by molar-refractivity contribution is 6.16. The monoisotopic (exact) mass is 281 g/mol. The highest BCUT2D eigenvalue weighted by Crippen LogP contribution is 2.15. The second-order valence-electron chi connectivity index (χ2n) is 5.21. The van der Waals surface area contributed by atoms with Crippen molar-refractivity contribution in [1.29, 1.82) is 0 Å². The van der Waals surface area contributed by atoms with E-state index in [0.717, 1.165) is 51.4 Å². The Hall–Kier alpha value is -1.65. The molecule has 0 saturated carbocycles. The zero-order valence-electron chi connectivity index (χ0n) is 11.8. The average molecular weight is 281 g/mol. The number of carboxylic acids is 1. The number of carbonyl (C=O) groups is 3. The average Bonchev–Trinajstić information content (AvgIpc) is 2.70. The third-order valence-corrected chi connectivity index (χ3v) is 3.42. The van der Waals surface area contributed by atoms with Crippen LogP contribution in [0, 0.1) is 0 Å². The zero-order chi connectivity index (χ0) is 14.8. The Morgan fingerprint density at radius 1 is 0.950 bits per heavy atom. The second-order valence-corrected chi connectivity index (χ2v) is 5.21. The molecule has 0 radical (unpaired) electrons. The van der Waals surface area contributed by atoms with E-state index >= 15 is 0 Å². The number of unbranched alkanes of at least 4 members (excludes halogenated alkanes) is 7. The molecule has 1 heterocycles. The van der Waals surface area contributed by atoms with Gasteiger partial charge in [-0.2, -0.15) is 0 Å². The van der Waals surface area contributed by atoms with Crippen molar-refractivity contribution in [2.75, 3.05) is 0 Å². The van der Waals surface area contributed by atoms with Gasteiger partial charge in [0.2, 0.25) is 0 Å². The van der Waals surface area contributed by atoms with Gasteiger partial charge in [-0.25, -0.2) is 0 Å². The van der Waals surface area contributed by atoms with E-state index in [4.69, 9.17) is 5.11 Å². The van der Waals surface area contributed by atoms with E-state index in [1.807, 2.05) is 0 Å². The predicted octanol–water partition coefficient (Wildman–Crippen LogP) is 2.55. The first-order chi connectivity index (χ1) is 9.59. The number of carbonyl (C=O) groups excluding carboxylic acids is 2. The van der Waals surface area contributed by atoms with Crippen LogP contribution in [-0.2, 0) is 14.4 Å². The van der Waals surface area contributed by atoms with Crippen molar-refractivity contribution < 1.29 is 19.5 Å². The molecule has 0 saturated heterocycles. The summed E-state index contributed by atoms with van der Waals surface area (Å²) >= 11 is 0. The number of aliphatic carboxylic acids is 1. The maximum absolute atomic E-state index is 11.3. The summed E-state index contributed by atoms with van der Waals surface area (Å²) in [5, 5.41) is 10.7. The molecule has 0 spiro atoms. The van der Waals surface area contributed by atoms with Crippen LogP contribution in [0.1, 0.15) is 64.2 Å². The van der Waals surface area contributed by atoms with Crippen LogP contribution in [0.3, 0.4) is 0 Å². The minimum absolute atomic E-state index is 0.242. The maximum Gasteiger partial charge on any atom is 0.303 e. The predicted molar refractivity (Wildman–Crippen MR) is 75.0 cm³/mol. The van der Waals surface area contributed by atoms with Crippen LogP contribution in [0.5, 0.6) is 0 Å². The Morgan fingerprint density at radius 3 is 2.00 bits per heavy atom. The maximum atomic E-state index is 11.3. The Balaban J connectivity index is 1.88. The van der Waals surface area contributed by atoms with Crippen molar-refractivity contribution in [2.45, 2.75) is 64.2 Å². The zero-order valence-corrected chi connectivity index (χ0v) is 11.8. The van der Waals surface area contributed by atoms with Crippen molar-refractivity contribution in [1.82, 2.24) is 5.32 Å². The summed E-state index contributed by atoms with van der Waals surface area (Å²) in [6, 6.07) is 0. The Bertz CT molecular complexity index is 387. The summed E-state index contributed by atoms with van der Waals surface area (Å²) in [7, 11) is 0. The van der Waals surface area contributed by atoms with Crippen LogP contribution >= 0.6 is 0 Å².